The van der Waals surface area contributed by atoms with Crippen molar-refractivity contribution in [2.24, 2.45) is 5.92 Å². The molecule has 1 aliphatic rings. The molecule has 0 aromatic carbocycles. The standard InChI is InChI=1S/C14H21N3O2/c1-2-15-12-3-4-13(17-9-12)14(18)16-7-5-11-6-8-19-10-11/h3-4,9,11,15H,2,5-8,10H2,1H3,(H,16,18). The first-order chi connectivity index (χ1) is 9.29. The van der Waals surface area contributed by atoms with Gasteiger partial charge in [-0.25, -0.2) is 4.98 Å². The zero-order valence-corrected chi connectivity index (χ0v) is 11.3. The van der Waals surface area contributed by atoms with E-state index >= 15 is 0 Å². The number of carbonyl (C=O) groups is 1. The Bertz CT molecular complexity index is 400. The van der Waals surface area contributed by atoms with Crippen LogP contribution in [0, 0.1) is 5.92 Å². The molecule has 2 heterocycles. The molecule has 0 radical (unpaired) electrons. The average Bonchev–Trinajstić information content (AvgIpc) is 2.93. The van der Waals surface area contributed by atoms with Crippen LogP contribution in [0.5, 0.6) is 0 Å². The SMILES string of the molecule is CCNc1ccc(C(=O)NCCC2CCOC2)nc1. The monoisotopic (exact) mass is 263 g/mol. The first-order valence-corrected chi connectivity index (χ1v) is 6.85. The smallest absolute Gasteiger partial charge is 0.269 e. The van der Waals surface area contributed by atoms with Crippen LogP contribution in [0.1, 0.15) is 30.3 Å². The molecule has 1 atom stereocenters. The molecule has 0 bridgehead atoms. The summed E-state index contributed by atoms with van der Waals surface area (Å²) in [5.74, 6) is 0.478. The molecule has 5 nitrogen and oxygen atoms in total. The molecule has 2 N–H and O–H groups in total. The van der Waals surface area contributed by atoms with Gasteiger partial charge in [-0.15, -0.1) is 0 Å². The van der Waals surface area contributed by atoms with Gasteiger partial charge in [0, 0.05) is 26.3 Å². The first kappa shape index (κ1) is 13.8. The average molecular weight is 263 g/mol. The highest BCUT2D eigenvalue weighted by Gasteiger charge is 2.15. The zero-order chi connectivity index (χ0) is 13.5. The lowest BCUT2D eigenvalue weighted by atomic mass is 10.1. The van der Waals surface area contributed by atoms with Crippen molar-refractivity contribution < 1.29 is 9.53 Å². The number of nitrogens with zero attached hydrogens (tertiary/aromatic N) is 1. The first-order valence-electron chi connectivity index (χ1n) is 6.85. The van der Waals surface area contributed by atoms with E-state index in [4.69, 9.17) is 4.74 Å². The molecule has 1 aliphatic heterocycles. The fourth-order valence-corrected chi connectivity index (χ4v) is 2.13. The molecular weight excluding hydrogens is 242 g/mol. The highest BCUT2D eigenvalue weighted by molar-refractivity contribution is 5.92. The van der Waals surface area contributed by atoms with Gasteiger partial charge in [0.05, 0.1) is 11.9 Å². The molecule has 104 valence electrons. The summed E-state index contributed by atoms with van der Waals surface area (Å²) in [4.78, 5) is 16.0. The summed E-state index contributed by atoms with van der Waals surface area (Å²) < 4.78 is 5.30. The Balaban J connectivity index is 1.75. The summed E-state index contributed by atoms with van der Waals surface area (Å²) in [6.45, 7) is 5.23. The fraction of sp³-hybridized carbons (Fsp3) is 0.571. The Morgan fingerprint density at radius 3 is 3.05 bits per heavy atom. The molecule has 1 fully saturated rings. The maximum Gasteiger partial charge on any atom is 0.269 e. The van der Waals surface area contributed by atoms with Crippen LogP contribution in [0.25, 0.3) is 0 Å². The number of pyridine rings is 1. The van der Waals surface area contributed by atoms with E-state index in [0.29, 0.717) is 18.2 Å². The van der Waals surface area contributed by atoms with E-state index < -0.39 is 0 Å². The normalized spacial score (nSPS) is 18.3. The Kier molecular flexibility index (Phi) is 5.15. The molecule has 1 amide bonds. The Morgan fingerprint density at radius 1 is 1.53 bits per heavy atom. The third-order valence-electron chi connectivity index (χ3n) is 3.24. The summed E-state index contributed by atoms with van der Waals surface area (Å²) in [7, 11) is 0. The topological polar surface area (TPSA) is 63.2 Å². The molecule has 1 unspecified atom stereocenters. The van der Waals surface area contributed by atoms with Crippen molar-refractivity contribution in [3.63, 3.8) is 0 Å². The van der Waals surface area contributed by atoms with Crippen molar-refractivity contribution >= 4 is 11.6 Å². The molecule has 1 aromatic heterocycles. The van der Waals surface area contributed by atoms with Crippen LogP contribution in [-0.2, 0) is 4.74 Å². The van der Waals surface area contributed by atoms with Gasteiger partial charge in [-0.3, -0.25) is 4.79 Å². The van der Waals surface area contributed by atoms with Gasteiger partial charge in [0.25, 0.3) is 5.91 Å². The summed E-state index contributed by atoms with van der Waals surface area (Å²) in [6.07, 6.45) is 3.76. The predicted molar refractivity (Wildman–Crippen MR) is 74.3 cm³/mol. The van der Waals surface area contributed by atoms with Crippen molar-refractivity contribution in [3.05, 3.63) is 24.0 Å². The summed E-state index contributed by atoms with van der Waals surface area (Å²) in [5.41, 5.74) is 1.39. The number of hydrogen-bond donors (Lipinski definition) is 2. The number of aromatic nitrogens is 1. The van der Waals surface area contributed by atoms with Crippen LogP contribution in [0.15, 0.2) is 18.3 Å². The lowest BCUT2D eigenvalue weighted by molar-refractivity contribution is 0.0945. The molecule has 0 spiro atoms. The Hall–Kier alpha value is -1.62. The van der Waals surface area contributed by atoms with Crippen molar-refractivity contribution in [1.82, 2.24) is 10.3 Å². The Morgan fingerprint density at radius 2 is 2.42 bits per heavy atom. The number of anilines is 1. The number of hydrogen-bond acceptors (Lipinski definition) is 4. The van der Waals surface area contributed by atoms with Gasteiger partial charge in [0.15, 0.2) is 0 Å². The van der Waals surface area contributed by atoms with Crippen molar-refractivity contribution in [2.45, 2.75) is 19.8 Å². The predicted octanol–water partition coefficient (Wildman–Crippen LogP) is 1.67. The molecule has 5 heteroatoms. The summed E-state index contributed by atoms with van der Waals surface area (Å²) in [5, 5.41) is 6.05. The van der Waals surface area contributed by atoms with E-state index in [-0.39, 0.29) is 5.91 Å². The highest BCUT2D eigenvalue weighted by Crippen LogP contribution is 2.15. The van der Waals surface area contributed by atoms with Crippen LogP contribution in [0.4, 0.5) is 5.69 Å². The van der Waals surface area contributed by atoms with Crippen molar-refractivity contribution in [1.29, 1.82) is 0 Å². The lowest BCUT2D eigenvalue weighted by Gasteiger charge is -2.09. The quantitative estimate of drug-likeness (QED) is 0.819. The second-order valence-corrected chi connectivity index (χ2v) is 4.74. The lowest BCUT2D eigenvalue weighted by Crippen LogP contribution is -2.26. The second kappa shape index (κ2) is 7.09. The zero-order valence-electron chi connectivity index (χ0n) is 11.3. The van der Waals surface area contributed by atoms with Gasteiger partial charge in [0.1, 0.15) is 5.69 Å². The molecule has 1 aromatic rings. The number of rotatable bonds is 6. The highest BCUT2D eigenvalue weighted by atomic mass is 16.5. The van der Waals surface area contributed by atoms with E-state index in [9.17, 15) is 4.79 Å². The number of amides is 1. The van der Waals surface area contributed by atoms with Gasteiger partial charge in [-0.2, -0.15) is 0 Å². The van der Waals surface area contributed by atoms with Gasteiger partial charge >= 0.3 is 0 Å². The minimum absolute atomic E-state index is 0.109. The maximum atomic E-state index is 11.9. The second-order valence-electron chi connectivity index (χ2n) is 4.74. The molecule has 19 heavy (non-hydrogen) atoms. The van der Waals surface area contributed by atoms with Gasteiger partial charge in [0.2, 0.25) is 0 Å². The van der Waals surface area contributed by atoms with Crippen LogP contribution >= 0.6 is 0 Å². The van der Waals surface area contributed by atoms with Gasteiger partial charge in [-0.1, -0.05) is 0 Å². The van der Waals surface area contributed by atoms with E-state index in [1.165, 1.54) is 0 Å². The molecule has 0 aliphatic carbocycles. The van der Waals surface area contributed by atoms with Crippen LogP contribution in [0.2, 0.25) is 0 Å². The van der Waals surface area contributed by atoms with Gasteiger partial charge < -0.3 is 15.4 Å². The van der Waals surface area contributed by atoms with Crippen LogP contribution < -0.4 is 10.6 Å². The largest absolute Gasteiger partial charge is 0.384 e. The van der Waals surface area contributed by atoms with E-state index in [0.717, 1.165) is 38.3 Å². The van der Waals surface area contributed by atoms with E-state index in [1.807, 2.05) is 13.0 Å². The fourth-order valence-electron chi connectivity index (χ4n) is 2.13. The summed E-state index contributed by atoms with van der Waals surface area (Å²) >= 11 is 0. The van der Waals surface area contributed by atoms with E-state index in [1.54, 1.807) is 12.3 Å². The number of ether oxygens (including phenoxy) is 1. The Labute approximate surface area is 113 Å². The maximum absolute atomic E-state index is 11.9. The van der Waals surface area contributed by atoms with Crippen LogP contribution in [0.3, 0.4) is 0 Å². The van der Waals surface area contributed by atoms with E-state index in [2.05, 4.69) is 15.6 Å². The third-order valence-corrected chi connectivity index (χ3v) is 3.24. The third kappa shape index (κ3) is 4.21. The molecule has 1 saturated heterocycles. The number of nitrogens with one attached hydrogen (secondary N) is 2. The molecule has 2 rings (SSSR count). The minimum atomic E-state index is -0.109. The van der Waals surface area contributed by atoms with Crippen molar-refractivity contribution in [2.75, 3.05) is 31.6 Å². The molecule has 0 saturated carbocycles. The van der Waals surface area contributed by atoms with Crippen molar-refractivity contribution in [3.8, 4) is 0 Å². The minimum Gasteiger partial charge on any atom is -0.384 e. The van der Waals surface area contributed by atoms with Crippen LogP contribution in [-0.4, -0.2) is 37.2 Å². The summed E-state index contributed by atoms with van der Waals surface area (Å²) in [6, 6.07) is 3.61. The number of carbonyl (C=O) groups excluding carboxylic acids is 1. The molecular formula is C14H21N3O2. The van der Waals surface area contributed by atoms with Gasteiger partial charge in [-0.05, 0) is 37.8 Å².